The molecule has 0 aliphatic carbocycles. The maximum absolute atomic E-state index is 13.7. The van der Waals surface area contributed by atoms with Crippen LogP contribution in [-0.2, 0) is 14.3 Å². The number of piperidine rings is 1. The van der Waals surface area contributed by atoms with E-state index in [4.69, 9.17) is 19.3 Å². The molecular weight excluding hydrogens is 446 g/mol. The van der Waals surface area contributed by atoms with Gasteiger partial charge in [-0.3, -0.25) is 14.5 Å². The summed E-state index contributed by atoms with van der Waals surface area (Å²) in [5.74, 6) is 0.897. The van der Waals surface area contributed by atoms with E-state index in [9.17, 15) is 9.59 Å². The van der Waals surface area contributed by atoms with Crippen LogP contribution in [0.15, 0.2) is 53.6 Å². The zero-order valence-corrected chi connectivity index (χ0v) is 20.6. The third-order valence-electron chi connectivity index (χ3n) is 6.58. The van der Waals surface area contributed by atoms with Crippen molar-refractivity contribution in [2.24, 2.45) is 5.10 Å². The molecule has 0 unspecified atom stereocenters. The van der Waals surface area contributed by atoms with E-state index in [1.54, 1.807) is 26.2 Å². The molecule has 35 heavy (non-hydrogen) atoms. The highest BCUT2D eigenvalue weighted by Gasteiger charge is 2.38. The summed E-state index contributed by atoms with van der Waals surface area (Å²) in [5.41, 5.74) is 2.67. The predicted molar refractivity (Wildman–Crippen MR) is 133 cm³/mol. The second-order valence-corrected chi connectivity index (χ2v) is 8.71. The Balaban J connectivity index is 1.63. The van der Waals surface area contributed by atoms with Crippen molar-refractivity contribution in [2.75, 3.05) is 33.9 Å². The van der Waals surface area contributed by atoms with Gasteiger partial charge in [0.2, 0.25) is 0 Å². The van der Waals surface area contributed by atoms with E-state index in [0.29, 0.717) is 37.5 Å². The first-order chi connectivity index (χ1) is 17.0. The second-order valence-electron chi connectivity index (χ2n) is 8.71. The highest BCUT2D eigenvalue weighted by molar-refractivity contribution is 6.03. The first-order valence-electron chi connectivity index (χ1n) is 12.1. The first-order valence-corrected chi connectivity index (χ1v) is 12.1. The van der Waals surface area contributed by atoms with Gasteiger partial charge >= 0.3 is 5.97 Å². The molecule has 0 spiro atoms. The summed E-state index contributed by atoms with van der Waals surface area (Å²) in [6.45, 7) is 2.90. The van der Waals surface area contributed by atoms with Crippen LogP contribution in [0.1, 0.15) is 49.8 Å². The topological polar surface area (TPSA) is 80.7 Å². The van der Waals surface area contributed by atoms with Crippen molar-refractivity contribution in [3.8, 4) is 11.5 Å². The largest absolute Gasteiger partial charge is 0.497 e. The van der Waals surface area contributed by atoms with Crippen molar-refractivity contribution in [3.63, 3.8) is 0 Å². The van der Waals surface area contributed by atoms with Crippen LogP contribution >= 0.6 is 0 Å². The van der Waals surface area contributed by atoms with E-state index in [0.717, 1.165) is 29.7 Å². The molecule has 0 radical (unpaired) electrons. The number of hydrogen-bond acceptors (Lipinski definition) is 7. The lowest BCUT2D eigenvalue weighted by Gasteiger charge is -2.34. The van der Waals surface area contributed by atoms with Gasteiger partial charge in [-0.05, 0) is 44.0 Å². The first kappa shape index (κ1) is 24.7. The van der Waals surface area contributed by atoms with Crippen molar-refractivity contribution in [3.05, 3.63) is 59.7 Å². The molecule has 186 valence electrons. The molecule has 2 heterocycles. The number of methoxy groups -OCH3 is 2. The van der Waals surface area contributed by atoms with Gasteiger partial charge in [-0.2, -0.15) is 5.10 Å². The van der Waals surface area contributed by atoms with Gasteiger partial charge in [0, 0.05) is 18.1 Å². The quantitative estimate of drug-likeness (QED) is 0.536. The van der Waals surface area contributed by atoms with E-state index in [-0.39, 0.29) is 24.5 Å². The molecule has 2 aliphatic heterocycles. The Kier molecular flexibility index (Phi) is 8.02. The third-order valence-corrected chi connectivity index (χ3v) is 6.58. The van der Waals surface area contributed by atoms with Crippen LogP contribution in [0.5, 0.6) is 11.5 Å². The number of carbonyl (C=O) groups is 2. The van der Waals surface area contributed by atoms with Crippen molar-refractivity contribution in [2.45, 2.75) is 44.7 Å². The SMILES string of the molecule is CCOC(=O)[C@@H]1CCCCN1CC(=O)N1N=C(c2ccccc2)C[C@@H]1c1ccc(OC)cc1OC. The number of nitrogens with zero attached hydrogens (tertiary/aromatic N) is 3. The smallest absolute Gasteiger partial charge is 0.323 e. The summed E-state index contributed by atoms with van der Waals surface area (Å²) in [6, 6.07) is 14.7. The zero-order valence-electron chi connectivity index (χ0n) is 20.6. The number of hydrogen-bond donors (Lipinski definition) is 0. The fourth-order valence-electron chi connectivity index (χ4n) is 4.81. The Morgan fingerprint density at radius 1 is 1.06 bits per heavy atom. The Hall–Kier alpha value is -3.39. The molecule has 2 atom stereocenters. The lowest BCUT2D eigenvalue weighted by molar-refractivity contribution is -0.152. The molecule has 0 aromatic heterocycles. The summed E-state index contributed by atoms with van der Waals surface area (Å²) in [5, 5.41) is 6.34. The van der Waals surface area contributed by atoms with Crippen LogP contribution < -0.4 is 9.47 Å². The lowest BCUT2D eigenvalue weighted by atomic mass is 9.97. The number of amides is 1. The Bertz CT molecular complexity index is 1070. The van der Waals surface area contributed by atoms with Crippen LogP contribution in [0.25, 0.3) is 0 Å². The van der Waals surface area contributed by atoms with Crippen molar-refractivity contribution in [1.82, 2.24) is 9.91 Å². The number of hydrazone groups is 1. The number of esters is 1. The fourth-order valence-corrected chi connectivity index (χ4v) is 4.81. The molecule has 1 saturated heterocycles. The number of rotatable bonds is 8. The Morgan fingerprint density at radius 3 is 2.57 bits per heavy atom. The molecule has 2 aliphatic rings. The summed E-state index contributed by atoms with van der Waals surface area (Å²) in [4.78, 5) is 28.1. The van der Waals surface area contributed by atoms with Crippen LogP contribution in [0.3, 0.4) is 0 Å². The average Bonchev–Trinajstić information content (AvgIpc) is 3.35. The predicted octanol–water partition coefficient (Wildman–Crippen LogP) is 3.80. The molecule has 2 aromatic carbocycles. The normalized spacial score (nSPS) is 20.3. The summed E-state index contributed by atoms with van der Waals surface area (Å²) in [6.07, 6.45) is 3.14. The molecule has 0 bridgehead atoms. The number of carbonyl (C=O) groups excluding carboxylic acids is 2. The maximum atomic E-state index is 13.7. The summed E-state index contributed by atoms with van der Waals surface area (Å²) >= 11 is 0. The summed E-state index contributed by atoms with van der Waals surface area (Å²) < 4.78 is 16.3. The van der Waals surface area contributed by atoms with Gasteiger partial charge in [-0.25, -0.2) is 5.01 Å². The van der Waals surface area contributed by atoms with E-state index >= 15 is 0 Å². The molecular formula is C27H33N3O5. The maximum Gasteiger partial charge on any atom is 0.323 e. The molecule has 1 amide bonds. The number of ether oxygens (including phenoxy) is 3. The zero-order chi connectivity index (χ0) is 24.8. The highest BCUT2D eigenvalue weighted by atomic mass is 16.5. The molecule has 8 nitrogen and oxygen atoms in total. The monoisotopic (exact) mass is 479 g/mol. The van der Waals surface area contributed by atoms with Gasteiger partial charge in [0.05, 0.1) is 39.1 Å². The average molecular weight is 480 g/mol. The van der Waals surface area contributed by atoms with Gasteiger partial charge in [-0.15, -0.1) is 0 Å². The number of benzene rings is 2. The lowest BCUT2D eigenvalue weighted by Crippen LogP contribution is -2.49. The molecule has 4 rings (SSSR count). The van der Waals surface area contributed by atoms with Gasteiger partial charge in [0.25, 0.3) is 5.91 Å². The van der Waals surface area contributed by atoms with E-state index in [1.807, 2.05) is 53.4 Å². The minimum absolute atomic E-state index is 0.101. The Morgan fingerprint density at radius 2 is 1.86 bits per heavy atom. The van der Waals surface area contributed by atoms with E-state index in [1.165, 1.54) is 0 Å². The molecule has 0 saturated carbocycles. The standard InChI is InChI=1S/C27H33N3O5/c1-4-35-27(32)23-12-8-9-15-29(23)18-26(31)30-24(17-22(28-30)19-10-6-5-7-11-19)21-14-13-20(33-2)16-25(21)34-3/h5-7,10-11,13-14,16,23-24H,4,8-9,12,15,17-18H2,1-3H3/t23-,24+/m0/s1. The van der Waals surface area contributed by atoms with E-state index in [2.05, 4.69) is 0 Å². The molecule has 1 fully saturated rings. The van der Waals surface area contributed by atoms with Gasteiger partial charge in [-0.1, -0.05) is 36.8 Å². The van der Waals surface area contributed by atoms with Crippen LogP contribution in [0.4, 0.5) is 0 Å². The van der Waals surface area contributed by atoms with Crippen molar-refractivity contribution in [1.29, 1.82) is 0 Å². The van der Waals surface area contributed by atoms with Gasteiger partial charge in [0.15, 0.2) is 0 Å². The molecule has 2 aromatic rings. The van der Waals surface area contributed by atoms with Gasteiger partial charge < -0.3 is 14.2 Å². The van der Waals surface area contributed by atoms with Crippen LogP contribution in [0.2, 0.25) is 0 Å². The molecule has 0 N–H and O–H groups in total. The highest BCUT2D eigenvalue weighted by Crippen LogP contribution is 2.39. The Labute approximate surface area is 206 Å². The van der Waals surface area contributed by atoms with E-state index < -0.39 is 6.04 Å². The second kappa shape index (κ2) is 11.4. The fraction of sp³-hybridized carbons (Fsp3) is 0.444. The minimum Gasteiger partial charge on any atom is -0.497 e. The molecule has 8 heteroatoms. The third kappa shape index (κ3) is 5.48. The number of likely N-dealkylation sites (tertiary alicyclic amines) is 1. The minimum atomic E-state index is -0.401. The van der Waals surface area contributed by atoms with Crippen molar-refractivity contribution >= 4 is 17.6 Å². The summed E-state index contributed by atoms with van der Waals surface area (Å²) in [7, 11) is 3.21. The van der Waals surface area contributed by atoms with Crippen LogP contribution in [0, 0.1) is 0 Å². The van der Waals surface area contributed by atoms with Crippen molar-refractivity contribution < 1.29 is 23.8 Å². The van der Waals surface area contributed by atoms with Crippen LogP contribution in [-0.4, -0.2) is 67.5 Å². The van der Waals surface area contributed by atoms with Gasteiger partial charge in [0.1, 0.15) is 17.5 Å².